The highest BCUT2D eigenvalue weighted by molar-refractivity contribution is 6.34. The van der Waals surface area contributed by atoms with Crippen LogP contribution >= 0.6 is 23.2 Å². The van der Waals surface area contributed by atoms with E-state index in [1.807, 2.05) is 0 Å². The first-order chi connectivity index (χ1) is 10.9. The van der Waals surface area contributed by atoms with E-state index in [0.717, 1.165) is 0 Å². The van der Waals surface area contributed by atoms with E-state index in [1.54, 1.807) is 37.2 Å². The van der Waals surface area contributed by atoms with Crippen molar-refractivity contribution in [2.24, 2.45) is 5.10 Å². The summed E-state index contributed by atoms with van der Waals surface area (Å²) in [6, 6.07) is 6.30. The van der Waals surface area contributed by atoms with Crippen molar-refractivity contribution >= 4 is 35.4 Å². The Kier molecular flexibility index (Phi) is 5.84. The van der Waals surface area contributed by atoms with Crippen LogP contribution in [0, 0.1) is 0 Å². The fourth-order valence-electron chi connectivity index (χ4n) is 1.51. The highest BCUT2D eigenvalue weighted by atomic mass is 35.5. The molecule has 1 aromatic carbocycles. The van der Waals surface area contributed by atoms with E-state index in [1.165, 1.54) is 12.4 Å². The second-order valence-corrected chi connectivity index (χ2v) is 5.59. The molecule has 7 nitrogen and oxygen atoms in total. The van der Waals surface area contributed by atoms with Gasteiger partial charge in [-0.05, 0) is 18.2 Å². The lowest BCUT2D eigenvalue weighted by molar-refractivity contribution is 0.0945. The predicted molar refractivity (Wildman–Crippen MR) is 86.9 cm³/mol. The number of hydrogen-bond acceptors (Lipinski definition) is 5. The minimum atomic E-state index is -0.483. The Hall–Kier alpha value is -2.25. The van der Waals surface area contributed by atoms with E-state index in [9.17, 15) is 4.79 Å². The van der Waals surface area contributed by atoms with Crippen LogP contribution in [0.5, 0.6) is 5.75 Å². The third-order valence-corrected chi connectivity index (χ3v) is 2.90. The van der Waals surface area contributed by atoms with Gasteiger partial charge < -0.3 is 14.2 Å². The molecular formula is C14H14Cl2N4O3. The van der Waals surface area contributed by atoms with Crippen LogP contribution < -0.4 is 10.2 Å². The lowest BCUT2D eigenvalue weighted by Gasteiger charge is -2.04. The van der Waals surface area contributed by atoms with Crippen LogP contribution in [-0.4, -0.2) is 36.4 Å². The molecule has 0 spiro atoms. The molecule has 1 amide bonds. The van der Waals surface area contributed by atoms with Crippen molar-refractivity contribution in [1.29, 1.82) is 0 Å². The SMILES string of the molecule is CN(C)/C=N/NC(=O)c1cc(COc2cc(Cl)cc(Cl)c2)on1. The number of ether oxygens (including phenoxy) is 1. The molecular weight excluding hydrogens is 343 g/mol. The third-order valence-electron chi connectivity index (χ3n) is 2.46. The molecule has 0 aliphatic carbocycles. The number of amides is 1. The average Bonchev–Trinajstić information content (AvgIpc) is 2.92. The minimum Gasteiger partial charge on any atom is -0.485 e. The standard InChI is InChI=1S/C14H14Cl2N4O3/c1-20(2)8-17-18-14(21)13-6-12(23-19-13)7-22-11-4-9(15)3-10(16)5-11/h3-6,8H,7H2,1-2H3,(H,18,21)/b17-8+. The Balaban J connectivity index is 1.93. The van der Waals surface area contributed by atoms with Crippen LogP contribution in [0.4, 0.5) is 0 Å². The quantitative estimate of drug-likeness (QED) is 0.489. The van der Waals surface area contributed by atoms with Crippen molar-refractivity contribution in [1.82, 2.24) is 15.5 Å². The van der Waals surface area contributed by atoms with Crippen molar-refractivity contribution in [2.75, 3.05) is 14.1 Å². The van der Waals surface area contributed by atoms with Crippen molar-refractivity contribution in [3.8, 4) is 5.75 Å². The van der Waals surface area contributed by atoms with Crippen LogP contribution in [-0.2, 0) is 6.61 Å². The summed E-state index contributed by atoms with van der Waals surface area (Å²) in [6.07, 6.45) is 1.45. The molecule has 9 heteroatoms. The molecule has 2 rings (SSSR count). The van der Waals surface area contributed by atoms with Crippen LogP contribution in [0.3, 0.4) is 0 Å². The fraction of sp³-hybridized carbons (Fsp3) is 0.214. The first kappa shape index (κ1) is 17.1. The number of aromatic nitrogens is 1. The normalized spacial score (nSPS) is 10.8. The monoisotopic (exact) mass is 356 g/mol. The minimum absolute atomic E-state index is 0.0813. The first-order valence-corrected chi connectivity index (χ1v) is 7.24. The zero-order chi connectivity index (χ0) is 16.8. The number of nitrogens with one attached hydrogen (secondary N) is 1. The molecule has 122 valence electrons. The number of hydrogen-bond donors (Lipinski definition) is 1. The van der Waals surface area contributed by atoms with E-state index in [0.29, 0.717) is 21.6 Å². The summed E-state index contributed by atoms with van der Waals surface area (Å²) in [5.74, 6) is 0.382. The Morgan fingerprint density at radius 1 is 1.35 bits per heavy atom. The summed E-state index contributed by atoms with van der Waals surface area (Å²) in [6.45, 7) is 0.0813. The molecule has 0 fully saturated rings. The topological polar surface area (TPSA) is 80.0 Å². The zero-order valence-corrected chi connectivity index (χ0v) is 13.9. The number of rotatable bonds is 6. The molecule has 0 radical (unpaired) electrons. The highest BCUT2D eigenvalue weighted by Crippen LogP contribution is 2.24. The van der Waals surface area contributed by atoms with Gasteiger partial charge in [-0.25, -0.2) is 5.43 Å². The van der Waals surface area contributed by atoms with Gasteiger partial charge in [-0.15, -0.1) is 0 Å². The molecule has 0 atom stereocenters. The molecule has 0 aliphatic heterocycles. The van der Waals surface area contributed by atoms with Crippen LogP contribution in [0.15, 0.2) is 33.9 Å². The van der Waals surface area contributed by atoms with E-state index in [-0.39, 0.29) is 12.3 Å². The average molecular weight is 357 g/mol. The molecule has 1 heterocycles. The summed E-state index contributed by atoms with van der Waals surface area (Å²) in [5, 5.41) is 8.31. The van der Waals surface area contributed by atoms with Gasteiger partial charge in [0, 0.05) is 30.2 Å². The Morgan fingerprint density at radius 2 is 2.04 bits per heavy atom. The maximum atomic E-state index is 11.8. The lowest BCUT2D eigenvalue weighted by atomic mass is 10.3. The summed E-state index contributed by atoms with van der Waals surface area (Å²) in [7, 11) is 3.56. The molecule has 0 bridgehead atoms. The smallest absolute Gasteiger partial charge is 0.293 e. The summed E-state index contributed by atoms with van der Waals surface area (Å²) in [5.41, 5.74) is 2.42. The van der Waals surface area contributed by atoms with Crippen molar-refractivity contribution in [3.05, 3.63) is 45.8 Å². The van der Waals surface area contributed by atoms with Gasteiger partial charge in [-0.1, -0.05) is 28.4 Å². The number of carbonyl (C=O) groups is 1. The van der Waals surface area contributed by atoms with Gasteiger partial charge in [0.25, 0.3) is 5.91 Å². The van der Waals surface area contributed by atoms with E-state index in [2.05, 4.69) is 15.7 Å². The van der Waals surface area contributed by atoms with Crippen LogP contribution in [0.2, 0.25) is 10.0 Å². The molecule has 0 unspecified atom stereocenters. The van der Waals surface area contributed by atoms with Gasteiger partial charge in [0.05, 0.1) is 0 Å². The van der Waals surface area contributed by atoms with E-state index >= 15 is 0 Å². The number of halogens is 2. The summed E-state index contributed by atoms with van der Waals surface area (Å²) >= 11 is 11.8. The van der Waals surface area contributed by atoms with Crippen LogP contribution in [0.25, 0.3) is 0 Å². The Morgan fingerprint density at radius 3 is 2.70 bits per heavy atom. The first-order valence-electron chi connectivity index (χ1n) is 6.48. The Labute approximate surface area is 142 Å². The summed E-state index contributed by atoms with van der Waals surface area (Å²) < 4.78 is 10.5. The van der Waals surface area contributed by atoms with Gasteiger partial charge in [-0.3, -0.25) is 4.79 Å². The van der Waals surface area contributed by atoms with Crippen molar-refractivity contribution in [2.45, 2.75) is 6.61 Å². The van der Waals surface area contributed by atoms with Gasteiger partial charge in [0.1, 0.15) is 18.7 Å². The highest BCUT2D eigenvalue weighted by Gasteiger charge is 2.12. The zero-order valence-electron chi connectivity index (χ0n) is 12.4. The van der Waals surface area contributed by atoms with Gasteiger partial charge >= 0.3 is 0 Å². The maximum absolute atomic E-state index is 11.8. The van der Waals surface area contributed by atoms with Crippen molar-refractivity contribution < 1.29 is 14.1 Å². The molecule has 23 heavy (non-hydrogen) atoms. The van der Waals surface area contributed by atoms with Gasteiger partial charge in [0.2, 0.25) is 0 Å². The molecule has 0 saturated heterocycles. The largest absolute Gasteiger partial charge is 0.485 e. The van der Waals surface area contributed by atoms with E-state index < -0.39 is 5.91 Å². The number of hydrazone groups is 1. The second kappa shape index (κ2) is 7.85. The maximum Gasteiger partial charge on any atom is 0.293 e. The predicted octanol–water partition coefficient (Wildman–Crippen LogP) is 2.80. The number of benzene rings is 1. The second-order valence-electron chi connectivity index (χ2n) is 4.72. The molecule has 0 saturated carbocycles. The number of nitrogens with zero attached hydrogens (tertiary/aromatic N) is 3. The number of carbonyl (C=O) groups excluding carboxylic acids is 1. The molecule has 1 aromatic heterocycles. The third kappa shape index (κ3) is 5.46. The molecule has 2 aromatic rings. The van der Waals surface area contributed by atoms with Crippen LogP contribution in [0.1, 0.15) is 16.2 Å². The molecule has 0 aliphatic rings. The van der Waals surface area contributed by atoms with Crippen molar-refractivity contribution in [3.63, 3.8) is 0 Å². The Bertz CT molecular complexity index is 696. The molecule has 1 N–H and O–H groups in total. The van der Waals surface area contributed by atoms with E-state index in [4.69, 9.17) is 32.5 Å². The van der Waals surface area contributed by atoms with Gasteiger partial charge in [-0.2, -0.15) is 5.10 Å². The fourth-order valence-corrected chi connectivity index (χ4v) is 2.02. The van der Waals surface area contributed by atoms with Gasteiger partial charge in [0.15, 0.2) is 11.5 Å². The lowest BCUT2D eigenvalue weighted by Crippen LogP contribution is -2.20. The summed E-state index contributed by atoms with van der Waals surface area (Å²) in [4.78, 5) is 13.4.